The molecular formula is C30H35ClN2O3S2. The summed E-state index contributed by atoms with van der Waals surface area (Å²) >= 11 is 1.69. The maximum Gasteiger partial charge on any atom is 0.264 e. The van der Waals surface area contributed by atoms with Crippen molar-refractivity contribution in [3.8, 4) is 0 Å². The minimum absolute atomic E-state index is 0. The Morgan fingerprint density at radius 1 is 0.895 bits per heavy atom. The Bertz CT molecular complexity index is 1480. The highest BCUT2D eigenvalue weighted by atomic mass is 35.5. The van der Waals surface area contributed by atoms with Gasteiger partial charge in [-0.1, -0.05) is 49.2 Å². The Morgan fingerprint density at radius 2 is 1.55 bits per heavy atom. The van der Waals surface area contributed by atoms with Gasteiger partial charge in [-0.3, -0.25) is 9.10 Å². The number of benzene rings is 3. The summed E-state index contributed by atoms with van der Waals surface area (Å²) in [4.78, 5) is 17.0. The van der Waals surface area contributed by atoms with E-state index in [1.54, 1.807) is 59.9 Å². The van der Waals surface area contributed by atoms with Crippen LogP contribution in [0.4, 0.5) is 5.69 Å². The van der Waals surface area contributed by atoms with Gasteiger partial charge in [-0.25, -0.2) is 8.42 Å². The molecule has 0 aliphatic carbocycles. The van der Waals surface area contributed by atoms with Crippen LogP contribution >= 0.6 is 23.7 Å². The fraction of sp³-hybridized carbons (Fsp3) is 0.300. The number of likely N-dealkylation sites (N-methyl/N-ethyl adjacent to an activating group) is 1. The molecule has 0 saturated heterocycles. The third-order valence-electron chi connectivity index (χ3n) is 6.43. The highest BCUT2D eigenvalue weighted by molar-refractivity contribution is 7.92. The Morgan fingerprint density at radius 3 is 2.18 bits per heavy atom. The molecule has 38 heavy (non-hydrogen) atoms. The van der Waals surface area contributed by atoms with Crippen LogP contribution in [-0.4, -0.2) is 46.3 Å². The van der Waals surface area contributed by atoms with Crippen molar-refractivity contribution in [2.45, 2.75) is 38.0 Å². The summed E-state index contributed by atoms with van der Waals surface area (Å²) in [6.45, 7) is 4.95. The molecule has 0 amide bonds. The van der Waals surface area contributed by atoms with Crippen molar-refractivity contribution in [1.82, 2.24) is 4.90 Å². The number of halogens is 1. The summed E-state index contributed by atoms with van der Waals surface area (Å²) in [7, 11) is 0.0676. The minimum atomic E-state index is -3.77. The molecule has 4 rings (SSSR count). The largest absolute Gasteiger partial charge is 0.308 e. The van der Waals surface area contributed by atoms with Gasteiger partial charge in [0.15, 0.2) is 5.78 Å². The highest BCUT2D eigenvalue weighted by Crippen LogP contribution is 2.34. The second-order valence-corrected chi connectivity index (χ2v) is 12.6. The lowest BCUT2D eigenvalue weighted by molar-refractivity contribution is 0.104. The first-order chi connectivity index (χ1) is 17.7. The van der Waals surface area contributed by atoms with Gasteiger partial charge in [0.25, 0.3) is 10.0 Å². The summed E-state index contributed by atoms with van der Waals surface area (Å²) in [5, 5.41) is 0.988. The molecule has 4 aromatic rings. The number of unbranched alkanes of at least 4 members (excludes halogenated alkanes) is 1. The van der Waals surface area contributed by atoms with Crippen molar-refractivity contribution < 1.29 is 13.2 Å². The van der Waals surface area contributed by atoms with Gasteiger partial charge in [-0.15, -0.1) is 23.7 Å². The standard InChI is InChI=1S/C30H34N2O3S2.ClH/c1-5-6-10-28-29(26-9-7-8-11-27(26)36-28)30(33)23-14-16-24(17-15-23)32(21-20-31(3)4)37(34,35)25-18-12-22(2)13-19-25;/h7-9,11-19H,5-6,10,20-21H2,1-4H3;1H. The highest BCUT2D eigenvalue weighted by Gasteiger charge is 2.26. The summed E-state index contributed by atoms with van der Waals surface area (Å²) < 4.78 is 29.7. The number of nitrogens with zero attached hydrogens (tertiary/aromatic N) is 2. The molecule has 3 aromatic carbocycles. The normalized spacial score (nSPS) is 11.5. The number of carbonyl (C=O) groups is 1. The number of rotatable bonds is 11. The fourth-order valence-corrected chi connectivity index (χ4v) is 7.00. The Labute approximate surface area is 236 Å². The number of aryl methyl sites for hydroxylation is 2. The Balaban J connectivity index is 0.00000400. The number of carbonyl (C=O) groups excluding carboxylic acids is 1. The quantitative estimate of drug-likeness (QED) is 0.183. The molecule has 0 saturated carbocycles. The molecule has 0 N–H and O–H groups in total. The van der Waals surface area contributed by atoms with Crippen LogP contribution in [0.15, 0.2) is 77.7 Å². The molecule has 0 fully saturated rings. The van der Waals surface area contributed by atoms with Crippen LogP contribution in [0.2, 0.25) is 0 Å². The molecule has 202 valence electrons. The van der Waals surface area contributed by atoms with E-state index in [-0.39, 0.29) is 23.1 Å². The smallest absolute Gasteiger partial charge is 0.264 e. The minimum Gasteiger partial charge on any atom is -0.308 e. The van der Waals surface area contributed by atoms with Crippen molar-refractivity contribution in [2.24, 2.45) is 0 Å². The first kappa shape index (κ1) is 29.8. The van der Waals surface area contributed by atoms with Crippen LogP contribution in [0.5, 0.6) is 0 Å². The van der Waals surface area contributed by atoms with Gasteiger partial charge in [0.05, 0.1) is 10.6 Å². The average molecular weight is 571 g/mol. The number of hydrogen-bond acceptors (Lipinski definition) is 5. The van der Waals surface area contributed by atoms with E-state index in [4.69, 9.17) is 0 Å². The predicted molar refractivity (Wildman–Crippen MR) is 162 cm³/mol. The summed E-state index contributed by atoms with van der Waals surface area (Å²) in [5.41, 5.74) is 2.88. The number of thiophene rings is 1. The second-order valence-electron chi connectivity index (χ2n) is 9.57. The van der Waals surface area contributed by atoms with Crippen molar-refractivity contribution >= 4 is 55.3 Å². The predicted octanol–water partition coefficient (Wildman–Crippen LogP) is 6.96. The van der Waals surface area contributed by atoms with Crippen molar-refractivity contribution in [2.75, 3.05) is 31.5 Å². The zero-order valence-electron chi connectivity index (χ0n) is 22.3. The molecule has 0 aliphatic rings. The topological polar surface area (TPSA) is 57.7 Å². The third kappa shape index (κ3) is 6.46. The average Bonchev–Trinajstić information content (AvgIpc) is 3.25. The molecule has 0 radical (unpaired) electrons. The molecule has 0 spiro atoms. The van der Waals surface area contributed by atoms with Gasteiger partial charge >= 0.3 is 0 Å². The lowest BCUT2D eigenvalue weighted by atomic mass is 9.98. The summed E-state index contributed by atoms with van der Waals surface area (Å²) in [5.74, 6) is -0.0173. The zero-order valence-corrected chi connectivity index (χ0v) is 24.8. The molecule has 8 heteroatoms. The van der Waals surface area contributed by atoms with E-state index in [1.807, 2.05) is 44.1 Å². The van der Waals surface area contributed by atoms with Gasteiger partial charge in [-0.2, -0.15) is 0 Å². The Kier molecular flexibility index (Phi) is 10.1. The maximum atomic E-state index is 13.7. The van der Waals surface area contributed by atoms with Gasteiger partial charge < -0.3 is 4.90 Å². The number of fused-ring (bicyclic) bond motifs is 1. The number of sulfonamides is 1. The second kappa shape index (κ2) is 12.9. The van der Waals surface area contributed by atoms with E-state index < -0.39 is 10.0 Å². The van der Waals surface area contributed by atoms with Crippen molar-refractivity contribution in [3.63, 3.8) is 0 Å². The SMILES string of the molecule is CCCCc1sc2ccccc2c1C(=O)c1ccc(N(CCN(C)C)S(=O)(=O)c2ccc(C)cc2)cc1.Cl. The lowest BCUT2D eigenvalue weighted by Crippen LogP contribution is -2.36. The van der Waals surface area contributed by atoms with Gasteiger partial charge in [0.1, 0.15) is 0 Å². The van der Waals surface area contributed by atoms with Crippen LogP contribution in [0, 0.1) is 6.92 Å². The van der Waals surface area contributed by atoms with Crippen LogP contribution in [-0.2, 0) is 16.4 Å². The van der Waals surface area contributed by atoms with Gasteiger partial charge in [0.2, 0.25) is 0 Å². The van der Waals surface area contributed by atoms with Crippen molar-refractivity contribution in [3.05, 3.63) is 94.4 Å². The van der Waals surface area contributed by atoms with Crippen LogP contribution in [0.3, 0.4) is 0 Å². The molecule has 1 heterocycles. The van der Waals surface area contributed by atoms with Gasteiger partial charge in [-0.05, 0) is 76.3 Å². The molecule has 5 nitrogen and oxygen atoms in total. The summed E-state index contributed by atoms with van der Waals surface area (Å²) in [6.07, 6.45) is 2.97. The van der Waals surface area contributed by atoms with E-state index in [1.165, 1.54) is 4.31 Å². The summed E-state index contributed by atoms with van der Waals surface area (Å²) in [6, 6.07) is 21.9. The molecule has 0 atom stereocenters. The van der Waals surface area contributed by atoms with E-state index in [2.05, 4.69) is 13.0 Å². The Hall–Kier alpha value is -2.71. The number of ketones is 1. The van der Waals surface area contributed by atoms with E-state index in [0.717, 1.165) is 45.4 Å². The van der Waals surface area contributed by atoms with Crippen molar-refractivity contribution in [1.29, 1.82) is 0 Å². The number of anilines is 1. The first-order valence-electron chi connectivity index (χ1n) is 12.6. The first-order valence-corrected chi connectivity index (χ1v) is 14.9. The molecule has 1 aromatic heterocycles. The monoisotopic (exact) mass is 570 g/mol. The maximum absolute atomic E-state index is 13.7. The fourth-order valence-electron chi connectivity index (χ4n) is 4.30. The molecule has 0 bridgehead atoms. The van der Waals surface area contributed by atoms with Crippen LogP contribution in [0.1, 0.15) is 46.1 Å². The third-order valence-corrected chi connectivity index (χ3v) is 9.50. The lowest BCUT2D eigenvalue weighted by Gasteiger charge is -2.26. The van der Waals surface area contributed by atoms with Crippen LogP contribution in [0.25, 0.3) is 10.1 Å². The molecule has 0 aliphatic heterocycles. The molecular weight excluding hydrogens is 536 g/mol. The van der Waals surface area contributed by atoms with E-state index >= 15 is 0 Å². The molecule has 0 unspecified atom stereocenters. The zero-order chi connectivity index (χ0) is 26.6. The number of hydrogen-bond donors (Lipinski definition) is 0. The van der Waals surface area contributed by atoms with Gasteiger partial charge in [0, 0.05) is 39.2 Å². The van der Waals surface area contributed by atoms with Crippen LogP contribution < -0.4 is 4.31 Å². The van der Waals surface area contributed by atoms with E-state index in [9.17, 15) is 13.2 Å². The van der Waals surface area contributed by atoms with E-state index in [0.29, 0.717) is 24.3 Å².